The van der Waals surface area contributed by atoms with Crippen molar-refractivity contribution in [3.63, 3.8) is 0 Å². The van der Waals surface area contributed by atoms with Gasteiger partial charge in [-0.1, -0.05) is 24.6 Å². The lowest BCUT2D eigenvalue weighted by Crippen LogP contribution is -2.49. The van der Waals surface area contributed by atoms with Crippen molar-refractivity contribution in [2.45, 2.75) is 57.0 Å². The normalized spacial score (nSPS) is 19.0. The number of carbonyl (C=O) groups excluding carboxylic acids is 2. The highest BCUT2D eigenvalue weighted by Gasteiger charge is 2.38. The number of rotatable bonds is 9. The molecule has 6 heterocycles. The Morgan fingerprint density at radius 1 is 0.875 bits per heavy atom. The fourth-order valence-corrected chi connectivity index (χ4v) is 7.47. The Morgan fingerprint density at radius 3 is 2.50 bits per heavy atom. The van der Waals surface area contributed by atoms with Crippen LogP contribution in [0.25, 0.3) is 32.9 Å². The minimum atomic E-state index is -2.69. The number of fused-ring (bicyclic) bond motifs is 4. The molecule has 1 saturated heterocycles. The summed E-state index contributed by atoms with van der Waals surface area (Å²) in [5, 5.41) is 4.15. The second-order valence-electron chi connectivity index (χ2n) is 14.0. The van der Waals surface area contributed by atoms with Crippen LogP contribution in [0.1, 0.15) is 53.8 Å². The number of piperidine rings is 1. The molecule has 56 heavy (non-hydrogen) atoms. The molecule has 2 amide bonds. The first-order chi connectivity index (χ1) is 27.3. The summed E-state index contributed by atoms with van der Waals surface area (Å²) in [7, 11) is 0. The number of nitrogens with zero attached hydrogens (tertiary/aromatic N) is 5. The molecule has 4 aromatic heterocycles. The van der Waals surface area contributed by atoms with Crippen LogP contribution < -0.4 is 19.5 Å². The second kappa shape index (κ2) is 14.4. The summed E-state index contributed by atoms with van der Waals surface area (Å²) in [6.07, 6.45) is 8.96. The van der Waals surface area contributed by atoms with Gasteiger partial charge in [-0.05, 0) is 78.4 Å². The molecule has 6 aromatic rings. The molecule has 1 N–H and O–H groups in total. The van der Waals surface area contributed by atoms with Crippen LogP contribution in [-0.4, -0.2) is 61.1 Å². The molecule has 1 unspecified atom stereocenters. The third-order valence-corrected chi connectivity index (χ3v) is 10.4. The summed E-state index contributed by atoms with van der Waals surface area (Å²) < 4.78 is 47.1. The van der Waals surface area contributed by atoms with Gasteiger partial charge in [0.25, 0.3) is 5.91 Å². The number of hydrogen-bond acceptors (Lipinski definition) is 8. The third-order valence-electron chi connectivity index (χ3n) is 10.4. The van der Waals surface area contributed by atoms with Gasteiger partial charge in [0.1, 0.15) is 42.0 Å². The van der Waals surface area contributed by atoms with Crippen LogP contribution in [0.15, 0.2) is 104 Å². The number of halogens is 2. The molecular formula is C43H34F2N6O5. The van der Waals surface area contributed by atoms with E-state index in [1.807, 2.05) is 30.3 Å². The van der Waals surface area contributed by atoms with Gasteiger partial charge in [0.15, 0.2) is 0 Å². The summed E-state index contributed by atoms with van der Waals surface area (Å²) in [4.78, 5) is 40.0. The van der Waals surface area contributed by atoms with E-state index in [1.54, 1.807) is 59.9 Å². The number of nitrogens with one attached hydrogen (secondary N) is 1. The van der Waals surface area contributed by atoms with Gasteiger partial charge in [-0.15, -0.1) is 0 Å². The summed E-state index contributed by atoms with van der Waals surface area (Å²) >= 11 is 0. The van der Waals surface area contributed by atoms with Gasteiger partial charge >= 0.3 is 6.55 Å². The SMILES string of the molecule is C=C1CCC(N2Cc3cc(OCC#Cc4ccc(OC5CC(Oc6ccc(-c7ccc8c9cnccc9n(C(F)F)c8c7)cn6)C5)cn4)ccc3C2=O)C(=O)N1. The van der Waals surface area contributed by atoms with Crippen molar-refractivity contribution in [1.29, 1.82) is 0 Å². The van der Waals surface area contributed by atoms with E-state index in [4.69, 9.17) is 14.2 Å². The Morgan fingerprint density at radius 2 is 1.71 bits per heavy atom. The number of alkyl halides is 2. The van der Waals surface area contributed by atoms with Gasteiger partial charge in [-0.2, -0.15) is 8.78 Å². The van der Waals surface area contributed by atoms with Gasteiger partial charge < -0.3 is 24.4 Å². The number of aromatic nitrogens is 4. The Hall–Kier alpha value is -6.81. The van der Waals surface area contributed by atoms with Gasteiger partial charge in [0, 0.05) is 71.6 Å². The lowest BCUT2D eigenvalue weighted by molar-refractivity contribution is -0.126. The largest absolute Gasteiger partial charge is 0.489 e. The van der Waals surface area contributed by atoms with Crippen LogP contribution in [-0.2, 0) is 11.3 Å². The van der Waals surface area contributed by atoms with Crippen molar-refractivity contribution < 1.29 is 32.6 Å². The highest BCUT2D eigenvalue weighted by Crippen LogP contribution is 2.36. The summed E-state index contributed by atoms with van der Waals surface area (Å²) in [6.45, 7) is 1.60. The Kier molecular flexibility index (Phi) is 9.01. The molecule has 2 aliphatic heterocycles. The highest BCUT2D eigenvalue weighted by atomic mass is 19.3. The van der Waals surface area contributed by atoms with Crippen LogP contribution in [0.5, 0.6) is 17.4 Å². The topological polar surface area (TPSA) is 121 Å². The lowest BCUT2D eigenvalue weighted by Gasteiger charge is -2.34. The van der Waals surface area contributed by atoms with Crippen molar-refractivity contribution in [3.05, 3.63) is 121 Å². The van der Waals surface area contributed by atoms with Gasteiger partial charge in [-0.25, -0.2) is 9.97 Å². The summed E-state index contributed by atoms with van der Waals surface area (Å²) in [5.41, 5.74) is 5.08. The number of ether oxygens (including phenoxy) is 3. The quantitative estimate of drug-likeness (QED) is 0.154. The van der Waals surface area contributed by atoms with Crippen molar-refractivity contribution in [2.24, 2.45) is 0 Å². The van der Waals surface area contributed by atoms with Crippen molar-refractivity contribution in [1.82, 2.24) is 29.7 Å². The number of benzene rings is 2. The van der Waals surface area contributed by atoms with E-state index < -0.39 is 12.6 Å². The van der Waals surface area contributed by atoms with E-state index in [9.17, 15) is 18.4 Å². The van der Waals surface area contributed by atoms with Crippen LogP contribution in [0.3, 0.4) is 0 Å². The maximum absolute atomic E-state index is 14.0. The summed E-state index contributed by atoms with van der Waals surface area (Å²) in [6, 6.07) is 19.1. The maximum atomic E-state index is 14.0. The molecule has 0 spiro atoms. The smallest absolute Gasteiger partial charge is 0.319 e. The summed E-state index contributed by atoms with van der Waals surface area (Å²) in [5.74, 6) is 7.32. The molecular weight excluding hydrogens is 719 g/mol. The molecule has 1 aliphatic carbocycles. The van der Waals surface area contributed by atoms with E-state index in [2.05, 4.69) is 38.7 Å². The van der Waals surface area contributed by atoms with E-state index in [-0.39, 0.29) is 30.6 Å². The first kappa shape index (κ1) is 34.9. The molecule has 2 aromatic carbocycles. The second-order valence-corrected chi connectivity index (χ2v) is 14.0. The van der Waals surface area contributed by atoms with E-state index in [0.29, 0.717) is 83.0 Å². The Balaban J connectivity index is 0.736. The number of hydrogen-bond donors (Lipinski definition) is 1. The molecule has 0 bridgehead atoms. The molecule has 3 aliphatic rings. The van der Waals surface area contributed by atoms with Crippen LogP contribution in [0, 0.1) is 11.8 Å². The zero-order valence-electron chi connectivity index (χ0n) is 30.0. The highest BCUT2D eigenvalue weighted by molar-refractivity contribution is 6.08. The fourth-order valence-electron chi connectivity index (χ4n) is 7.47. The zero-order chi connectivity index (χ0) is 38.3. The van der Waals surface area contributed by atoms with Crippen molar-refractivity contribution in [3.8, 4) is 40.3 Å². The zero-order valence-corrected chi connectivity index (χ0v) is 30.0. The maximum Gasteiger partial charge on any atom is 0.319 e. The predicted octanol–water partition coefficient (Wildman–Crippen LogP) is 7.21. The van der Waals surface area contributed by atoms with Gasteiger partial charge in [-0.3, -0.25) is 19.1 Å². The number of allylic oxidation sites excluding steroid dienone is 1. The van der Waals surface area contributed by atoms with Crippen LogP contribution in [0.4, 0.5) is 8.78 Å². The Bertz CT molecular complexity index is 2570. The molecule has 1 saturated carbocycles. The predicted molar refractivity (Wildman–Crippen MR) is 203 cm³/mol. The average Bonchev–Trinajstić information content (AvgIpc) is 3.70. The van der Waals surface area contributed by atoms with Crippen molar-refractivity contribution in [2.75, 3.05) is 6.61 Å². The van der Waals surface area contributed by atoms with Crippen LogP contribution >= 0.6 is 0 Å². The Labute approximate surface area is 319 Å². The first-order valence-corrected chi connectivity index (χ1v) is 18.2. The molecule has 11 nitrogen and oxygen atoms in total. The van der Waals surface area contributed by atoms with Gasteiger partial charge in [0.05, 0.1) is 17.2 Å². The molecule has 2 fully saturated rings. The van der Waals surface area contributed by atoms with E-state index >= 15 is 0 Å². The molecule has 280 valence electrons. The van der Waals surface area contributed by atoms with Crippen molar-refractivity contribution >= 4 is 33.6 Å². The lowest BCUT2D eigenvalue weighted by atomic mass is 9.92. The van der Waals surface area contributed by atoms with Crippen LogP contribution in [0.2, 0.25) is 0 Å². The molecule has 1 atom stereocenters. The minimum absolute atomic E-state index is 0.0237. The number of amides is 2. The number of carbonyl (C=O) groups is 2. The third kappa shape index (κ3) is 6.74. The van der Waals surface area contributed by atoms with Gasteiger partial charge in [0.2, 0.25) is 11.8 Å². The standard InChI is InChI=1S/C43H34F2N6O5/c1-25-4-12-38(41(52)49-25)50-24-28-17-30(9-11-34(28)42(50)53)54-16-2-3-29-7-8-31(22-47-29)55-32-19-33(20-32)56-40-13-6-27(21-48-40)26-5-10-35-36-23-46-15-14-37(36)51(43(44)45)39(35)18-26/h5-11,13-15,17-18,21-23,32-33,38,43H,1,4,12,16,19-20,24H2,(H,49,52). The fraction of sp³-hybridized carbons (Fsp3) is 0.233. The van der Waals surface area contributed by atoms with E-state index in [0.717, 1.165) is 26.6 Å². The monoisotopic (exact) mass is 752 g/mol. The molecule has 9 rings (SSSR count). The minimum Gasteiger partial charge on any atom is -0.489 e. The molecule has 0 radical (unpaired) electrons. The molecule has 13 heteroatoms. The average molecular weight is 753 g/mol. The van der Waals surface area contributed by atoms with E-state index in [1.165, 1.54) is 6.20 Å². The first-order valence-electron chi connectivity index (χ1n) is 18.2. The number of pyridine rings is 3.